The molecular weight excluding hydrogens is 288 g/mol. The number of methoxy groups -OCH3 is 2. The summed E-state index contributed by atoms with van der Waals surface area (Å²) in [6, 6.07) is 4.42. The molecule has 1 aromatic carbocycles. The van der Waals surface area contributed by atoms with E-state index in [0.717, 1.165) is 22.6 Å². The number of rotatable bonds is 4. The van der Waals surface area contributed by atoms with E-state index in [9.17, 15) is 0 Å². The molecule has 5 heteroatoms. The standard InChI is InChI=1S/C16H21ClN2O2/c1-10-5-4-6-12(10)19-13-8-15(21-3)14(20-2)7-11(13)18-16(19)9-17/h7-8,10,12H,4-6,9H2,1-3H3. The molecule has 114 valence electrons. The number of nitrogens with zero attached hydrogens (tertiary/aromatic N) is 2. The molecule has 0 amide bonds. The maximum Gasteiger partial charge on any atom is 0.163 e. The molecular formula is C16H21ClN2O2. The van der Waals surface area contributed by atoms with Crippen LogP contribution in [0.5, 0.6) is 11.5 Å². The molecule has 1 aliphatic carbocycles. The van der Waals surface area contributed by atoms with Crippen LogP contribution in [0.1, 0.15) is 38.1 Å². The smallest absolute Gasteiger partial charge is 0.163 e. The average Bonchev–Trinajstić information content (AvgIpc) is 3.07. The first kappa shape index (κ1) is 14.5. The van der Waals surface area contributed by atoms with E-state index in [1.807, 2.05) is 12.1 Å². The Hall–Kier alpha value is -1.42. The Morgan fingerprint density at radius 3 is 2.52 bits per heavy atom. The van der Waals surface area contributed by atoms with Crippen LogP contribution in [0, 0.1) is 5.92 Å². The Bertz CT molecular complexity index is 653. The van der Waals surface area contributed by atoms with Crippen LogP contribution in [-0.2, 0) is 5.88 Å². The molecule has 2 atom stereocenters. The number of hydrogen-bond acceptors (Lipinski definition) is 3. The Morgan fingerprint density at radius 1 is 1.24 bits per heavy atom. The van der Waals surface area contributed by atoms with Gasteiger partial charge < -0.3 is 14.0 Å². The summed E-state index contributed by atoms with van der Waals surface area (Å²) >= 11 is 6.13. The number of hydrogen-bond donors (Lipinski definition) is 0. The lowest BCUT2D eigenvalue weighted by Crippen LogP contribution is -2.14. The van der Waals surface area contributed by atoms with Crippen molar-refractivity contribution < 1.29 is 9.47 Å². The largest absolute Gasteiger partial charge is 0.493 e. The summed E-state index contributed by atoms with van der Waals surface area (Å²) in [5.41, 5.74) is 2.00. The lowest BCUT2D eigenvalue weighted by molar-refractivity contribution is 0.355. The zero-order chi connectivity index (χ0) is 15.0. The molecule has 1 fully saturated rings. The minimum absolute atomic E-state index is 0.419. The number of alkyl halides is 1. The average molecular weight is 309 g/mol. The molecule has 1 heterocycles. The Morgan fingerprint density at radius 2 is 1.95 bits per heavy atom. The van der Waals surface area contributed by atoms with Gasteiger partial charge in [0.05, 0.1) is 31.1 Å². The van der Waals surface area contributed by atoms with Gasteiger partial charge in [0.2, 0.25) is 0 Å². The zero-order valence-electron chi connectivity index (χ0n) is 12.7. The van der Waals surface area contributed by atoms with E-state index in [2.05, 4.69) is 16.5 Å². The third-order valence-corrected chi connectivity index (χ3v) is 4.77. The lowest BCUT2D eigenvalue weighted by atomic mass is 10.1. The van der Waals surface area contributed by atoms with E-state index in [4.69, 9.17) is 21.1 Å². The molecule has 21 heavy (non-hydrogen) atoms. The summed E-state index contributed by atoms with van der Waals surface area (Å²) in [4.78, 5) is 4.69. The topological polar surface area (TPSA) is 36.3 Å². The summed E-state index contributed by atoms with van der Waals surface area (Å²) in [7, 11) is 3.30. The highest BCUT2D eigenvalue weighted by molar-refractivity contribution is 6.16. The van der Waals surface area contributed by atoms with Gasteiger partial charge in [0.15, 0.2) is 11.5 Å². The molecule has 2 aromatic rings. The first-order valence-electron chi connectivity index (χ1n) is 7.38. The lowest BCUT2D eigenvalue weighted by Gasteiger charge is -2.20. The van der Waals surface area contributed by atoms with Gasteiger partial charge in [-0.2, -0.15) is 0 Å². The van der Waals surface area contributed by atoms with Crippen molar-refractivity contribution in [2.24, 2.45) is 5.92 Å². The Kier molecular flexibility index (Phi) is 3.98. The molecule has 1 aliphatic rings. The van der Waals surface area contributed by atoms with Crippen molar-refractivity contribution in [1.29, 1.82) is 0 Å². The van der Waals surface area contributed by atoms with Crippen LogP contribution in [0.2, 0.25) is 0 Å². The fourth-order valence-corrected chi connectivity index (χ4v) is 3.63. The second kappa shape index (κ2) is 5.76. The number of imidazole rings is 1. The molecule has 1 saturated carbocycles. The van der Waals surface area contributed by atoms with Crippen molar-refractivity contribution in [2.75, 3.05) is 14.2 Å². The molecule has 0 aliphatic heterocycles. The van der Waals surface area contributed by atoms with Crippen molar-refractivity contribution in [3.8, 4) is 11.5 Å². The number of fused-ring (bicyclic) bond motifs is 1. The quantitative estimate of drug-likeness (QED) is 0.796. The van der Waals surface area contributed by atoms with Crippen LogP contribution in [0.3, 0.4) is 0 Å². The van der Waals surface area contributed by atoms with Crippen molar-refractivity contribution >= 4 is 22.6 Å². The number of halogens is 1. The maximum atomic E-state index is 6.13. The van der Waals surface area contributed by atoms with Crippen LogP contribution in [0.15, 0.2) is 12.1 Å². The minimum atomic E-state index is 0.419. The summed E-state index contributed by atoms with van der Waals surface area (Å²) in [6.07, 6.45) is 3.71. The van der Waals surface area contributed by atoms with E-state index >= 15 is 0 Å². The van der Waals surface area contributed by atoms with Gasteiger partial charge in [0.1, 0.15) is 5.82 Å². The van der Waals surface area contributed by atoms with Crippen LogP contribution >= 0.6 is 11.6 Å². The molecule has 0 saturated heterocycles. The molecule has 0 bridgehead atoms. The van der Waals surface area contributed by atoms with Crippen molar-refractivity contribution in [3.05, 3.63) is 18.0 Å². The van der Waals surface area contributed by atoms with Gasteiger partial charge in [-0.25, -0.2) is 4.98 Å². The fourth-order valence-electron chi connectivity index (χ4n) is 3.45. The second-order valence-electron chi connectivity index (χ2n) is 5.70. The van der Waals surface area contributed by atoms with E-state index in [1.54, 1.807) is 14.2 Å². The van der Waals surface area contributed by atoms with E-state index in [-0.39, 0.29) is 0 Å². The van der Waals surface area contributed by atoms with Gasteiger partial charge in [-0.05, 0) is 18.8 Å². The molecule has 3 rings (SSSR count). The van der Waals surface area contributed by atoms with Crippen LogP contribution < -0.4 is 9.47 Å². The third-order valence-electron chi connectivity index (χ3n) is 4.54. The number of aromatic nitrogens is 2. The maximum absolute atomic E-state index is 6.13. The Labute approximate surface area is 130 Å². The first-order chi connectivity index (χ1) is 10.2. The summed E-state index contributed by atoms with van der Waals surface area (Å²) < 4.78 is 13.1. The molecule has 0 spiro atoms. The molecule has 1 aromatic heterocycles. The van der Waals surface area contributed by atoms with Gasteiger partial charge in [0, 0.05) is 18.2 Å². The number of benzene rings is 1. The van der Waals surface area contributed by atoms with Crippen molar-refractivity contribution in [1.82, 2.24) is 9.55 Å². The van der Waals surface area contributed by atoms with Gasteiger partial charge in [-0.3, -0.25) is 0 Å². The molecule has 0 radical (unpaired) electrons. The van der Waals surface area contributed by atoms with Gasteiger partial charge in [-0.1, -0.05) is 13.3 Å². The highest BCUT2D eigenvalue weighted by Gasteiger charge is 2.28. The molecule has 0 N–H and O–H groups in total. The van der Waals surface area contributed by atoms with Gasteiger partial charge in [-0.15, -0.1) is 11.6 Å². The van der Waals surface area contributed by atoms with Crippen molar-refractivity contribution in [3.63, 3.8) is 0 Å². The highest BCUT2D eigenvalue weighted by atomic mass is 35.5. The predicted octanol–water partition coefficient (Wildman–Crippen LogP) is 4.15. The van der Waals surface area contributed by atoms with Crippen LogP contribution in [0.4, 0.5) is 0 Å². The second-order valence-corrected chi connectivity index (χ2v) is 5.97. The van der Waals surface area contributed by atoms with Crippen molar-refractivity contribution in [2.45, 2.75) is 38.1 Å². The number of ether oxygens (including phenoxy) is 2. The SMILES string of the molecule is COc1cc2nc(CCl)n(C3CCCC3C)c2cc1OC. The Balaban J connectivity index is 2.21. The normalized spacial score (nSPS) is 21.9. The fraction of sp³-hybridized carbons (Fsp3) is 0.562. The minimum Gasteiger partial charge on any atom is -0.493 e. The molecule has 2 unspecified atom stereocenters. The molecule has 4 nitrogen and oxygen atoms in total. The van der Waals surface area contributed by atoms with Crippen LogP contribution in [0.25, 0.3) is 11.0 Å². The van der Waals surface area contributed by atoms with E-state index < -0.39 is 0 Å². The third kappa shape index (κ3) is 2.35. The highest BCUT2D eigenvalue weighted by Crippen LogP contribution is 2.40. The van der Waals surface area contributed by atoms with Gasteiger partial charge >= 0.3 is 0 Å². The van der Waals surface area contributed by atoms with Crippen LogP contribution in [-0.4, -0.2) is 23.8 Å². The summed E-state index contributed by atoms with van der Waals surface area (Å²) in [6.45, 7) is 2.31. The van der Waals surface area contributed by atoms with Gasteiger partial charge in [0.25, 0.3) is 0 Å². The summed E-state index contributed by atoms with van der Waals surface area (Å²) in [5.74, 6) is 3.44. The summed E-state index contributed by atoms with van der Waals surface area (Å²) in [5, 5.41) is 0. The predicted molar refractivity (Wildman–Crippen MR) is 84.4 cm³/mol. The monoisotopic (exact) mass is 308 g/mol. The van der Waals surface area contributed by atoms with E-state index in [1.165, 1.54) is 19.3 Å². The first-order valence-corrected chi connectivity index (χ1v) is 7.91. The zero-order valence-corrected chi connectivity index (χ0v) is 13.5. The van der Waals surface area contributed by atoms with E-state index in [0.29, 0.717) is 23.6 Å².